The van der Waals surface area contributed by atoms with Crippen LogP contribution in [0.25, 0.3) is 5.65 Å². The zero-order valence-electron chi connectivity index (χ0n) is 11.6. The van der Waals surface area contributed by atoms with E-state index >= 15 is 0 Å². The van der Waals surface area contributed by atoms with Crippen molar-refractivity contribution in [3.8, 4) is 0 Å². The van der Waals surface area contributed by atoms with E-state index in [1.54, 1.807) is 0 Å². The van der Waals surface area contributed by atoms with Gasteiger partial charge in [-0.15, -0.1) is 0 Å². The molecule has 2 heterocycles. The average Bonchev–Trinajstić information content (AvgIpc) is 2.87. The van der Waals surface area contributed by atoms with E-state index in [9.17, 15) is 0 Å². The van der Waals surface area contributed by atoms with E-state index in [0.717, 1.165) is 22.4 Å². The predicted molar refractivity (Wildman–Crippen MR) is 89.6 cm³/mol. The van der Waals surface area contributed by atoms with Crippen molar-refractivity contribution in [1.82, 2.24) is 14.7 Å². The maximum Gasteiger partial charge on any atom is 0.137 e. The summed E-state index contributed by atoms with van der Waals surface area (Å²) in [5, 5.41) is 4.20. The van der Waals surface area contributed by atoms with Gasteiger partial charge in [0, 0.05) is 29.5 Å². The molecule has 21 heavy (non-hydrogen) atoms. The van der Waals surface area contributed by atoms with Gasteiger partial charge >= 0.3 is 0 Å². The van der Waals surface area contributed by atoms with Gasteiger partial charge in [0.25, 0.3) is 0 Å². The molecule has 3 rings (SSSR count). The molecule has 108 valence electrons. The molecular weight excluding hydrogens is 350 g/mol. The Hall–Kier alpha value is -1.36. The third-order valence-electron chi connectivity index (χ3n) is 3.42. The molecule has 0 radical (unpaired) electrons. The number of nitrogens with zero attached hydrogens (tertiary/aromatic N) is 2. The second kappa shape index (κ2) is 6.18. The maximum atomic E-state index is 5.98. The van der Waals surface area contributed by atoms with E-state index in [4.69, 9.17) is 11.6 Å². The summed E-state index contributed by atoms with van der Waals surface area (Å²) in [4.78, 5) is 4.57. The van der Waals surface area contributed by atoms with Gasteiger partial charge in [0.05, 0.1) is 10.7 Å². The molecule has 0 amide bonds. The van der Waals surface area contributed by atoms with E-state index in [-0.39, 0.29) is 6.04 Å². The molecule has 0 aliphatic rings. The van der Waals surface area contributed by atoms with Gasteiger partial charge in [-0.05, 0) is 36.8 Å². The van der Waals surface area contributed by atoms with Crippen LogP contribution in [0.3, 0.4) is 0 Å². The molecule has 5 heteroatoms. The van der Waals surface area contributed by atoms with Gasteiger partial charge in [-0.2, -0.15) is 0 Å². The van der Waals surface area contributed by atoms with E-state index in [2.05, 4.69) is 57.4 Å². The summed E-state index contributed by atoms with van der Waals surface area (Å²) in [5.41, 5.74) is 3.17. The van der Waals surface area contributed by atoms with Crippen LogP contribution in [0.5, 0.6) is 0 Å². The van der Waals surface area contributed by atoms with Crippen LogP contribution in [0.4, 0.5) is 0 Å². The lowest BCUT2D eigenvalue weighted by Gasteiger charge is -2.13. The van der Waals surface area contributed by atoms with Crippen molar-refractivity contribution in [3.63, 3.8) is 0 Å². The van der Waals surface area contributed by atoms with Crippen LogP contribution in [0.2, 0.25) is 5.02 Å². The van der Waals surface area contributed by atoms with Crippen LogP contribution in [0, 0.1) is 0 Å². The number of nitrogens with one attached hydrogen (secondary N) is 1. The Labute approximate surface area is 137 Å². The van der Waals surface area contributed by atoms with E-state index in [1.165, 1.54) is 5.56 Å². The van der Waals surface area contributed by atoms with E-state index in [1.807, 2.05) is 28.9 Å². The van der Waals surface area contributed by atoms with Crippen LogP contribution >= 0.6 is 27.5 Å². The highest BCUT2D eigenvalue weighted by Gasteiger charge is 2.07. The summed E-state index contributed by atoms with van der Waals surface area (Å²) in [6.07, 6.45) is 3.87. The Morgan fingerprint density at radius 2 is 1.95 bits per heavy atom. The fourth-order valence-electron chi connectivity index (χ4n) is 2.23. The highest BCUT2D eigenvalue weighted by Crippen LogP contribution is 2.17. The smallest absolute Gasteiger partial charge is 0.137 e. The first-order chi connectivity index (χ1) is 10.1. The maximum absolute atomic E-state index is 5.98. The molecule has 2 aromatic heterocycles. The van der Waals surface area contributed by atoms with Crippen molar-refractivity contribution in [2.75, 3.05) is 0 Å². The Kier molecular flexibility index (Phi) is 4.29. The number of pyridine rings is 1. The minimum atomic E-state index is 0.270. The van der Waals surface area contributed by atoms with Crippen molar-refractivity contribution in [2.24, 2.45) is 0 Å². The molecule has 0 unspecified atom stereocenters. The molecule has 0 saturated carbocycles. The number of hydrogen-bond acceptors (Lipinski definition) is 2. The number of hydrogen-bond donors (Lipinski definition) is 1. The molecule has 1 aromatic carbocycles. The average molecular weight is 365 g/mol. The van der Waals surface area contributed by atoms with Gasteiger partial charge in [-0.1, -0.05) is 39.7 Å². The van der Waals surface area contributed by atoms with Crippen molar-refractivity contribution >= 4 is 33.2 Å². The largest absolute Gasteiger partial charge is 0.305 e. The molecule has 1 N–H and O–H groups in total. The lowest BCUT2D eigenvalue weighted by atomic mass is 10.1. The minimum Gasteiger partial charge on any atom is -0.305 e. The van der Waals surface area contributed by atoms with Crippen LogP contribution in [0.15, 0.2) is 53.3 Å². The Morgan fingerprint density at radius 3 is 2.71 bits per heavy atom. The number of imidazole rings is 1. The third kappa shape index (κ3) is 3.46. The fourth-order valence-corrected chi connectivity index (χ4v) is 2.66. The van der Waals surface area contributed by atoms with E-state index < -0.39 is 0 Å². The minimum absolute atomic E-state index is 0.270. The number of aromatic nitrogens is 2. The molecule has 0 bridgehead atoms. The Bertz CT molecular complexity index is 752. The number of rotatable bonds is 4. The summed E-state index contributed by atoms with van der Waals surface area (Å²) in [7, 11) is 0. The van der Waals surface area contributed by atoms with Crippen molar-refractivity contribution < 1.29 is 0 Å². The standard InChI is InChI=1S/C16H15BrClN3/c1-11(12-2-4-13(17)5-3-12)19-8-15-10-21-9-14(18)6-7-16(21)20-15/h2-7,9-11,19H,8H2,1H3/t11-/m1/s1. The first-order valence-corrected chi connectivity index (χ1v) is 7.91. The highest BCUT2D eigenvalue weighted by atomic mass is 79.9. The monoisotopic (exact) mass is 363 g/mol. The second-order valence-corrected chi connectivity index (χ2v) is 6.35. The van der Waals surface area contributed by atoms with Crippen molar-refractivity contribution in [3.05, 3.63) is 69.5 Å². The molecule has 0 aliphatic heterocycles. The number of fused-ring (bicyclic) bond motifs is 1. The van der Waals surface area contributed by atoms with Gasteiger partial charge < -0.3 is 9.72 Å². The van der Waals surface area contributed by atoms with Crippen LogP contribution in [0.1, 0.15) is 24.2 Å². The Balaban J connectivity index is 1.69. The zero-order valence-corrected chi connectivity index (χ0v) is 13.9. The molecule has 3 aromatic rings. The van der Waals surface area contributed by atoms with Crippen LogP contribution in [-0.4, -0.2) is 9.38 Å². The lowest BCUT2D eigenvalue weighted by molar-refractivity contribution is 0.569. The number of benzene rings is 1. The summed E-state index contributed by atoms with van der Waals surface area (Å²) >= 11 is 9.43. The summed E-state index contributed by atoms with van der Waals surface area (Å²) in [6, 6.07) is 12.4. The van der Waals surface area contributed by atoms with Crippen LogP contribution in [-0.2, 0) is 6.54 Å². The molecular formula is C16H15BrClN3. The van der Waals surface area contributed by atoms with Gasteiger partial charge in [0.2, 0.25) is 0 Å². The topological polar surface area (TPSA) is 29.3 Å². The van der Waals surface area contributed by atoms with Gasteiger partial charge in [0.1, 0.15) is 5.65 Å². The summed E-state index contributed by atoms with van der Waals surface area (Å²) in [6.45, 7) is 2.87. The zero-order chi connectivity index (χ0) is 14.8. The molecule has 0 spiro atoms. The number of halogens is 2. The van der Waals surface area contributed by atoms with E-state index in [0.29, 0.717) is 5.02 Å². The normalized spacial score (nSPS) is 12.7. The molecule has 0 aliphatic carbocycles. The van der Waals surface area contributed by atoms with Gasteiger partial charge in [-0.3, -0.25) is 0 Å². The highest BCUT2D eigenvalue weighted by molar-refractivity contribution is 9.10. The molecule has 0 saturated heterocycles. The summed E-state index contributed by atoms with van der Waals surface area (Å²) in [5.74, 6) is 0. The first kappa shape index (κ1) is 14.6. The molecule has 3 nitrogen and oxygen atoms in total. The lowest BCUT2D eigenvalue weighted by Crippen LogP contribution is -2.18. The fraction of sp³-hybridized carbons (Fsp3) is 0.188. The molecule has 0 fully saturated rings. The van der Waals surface area contributed by atoms with Gasteiger partial charge in [-0.25, -0.2) is 4.98 Å². The quantitative estimate of drug-likeness (QED) is 0.733. The predicted octanol–water partition coefficient (Wildman–Crippen LogP) is 4.60. The van der Waals surface area contributed by atoms with Crippen LogP contribution < -0.4 is 5.32 Å². The SMILES string of the molecule is C[C@@H](NCc1cn2cc(Cl)ccc2n1)c1ccc(Br)cc1. The second-order valence-electron chi connectivity index (χ2n) is 5.00. The Morgan fingerprint density at radius 1 is 1.19 bits per heavy atom. The summed E-state index contributed by atoms with van der Waals surface area (Å²) < 4.78 is 3.04. The van der Waals surface area contributed by atoms with Gasteiger partial charge in [0.15, 0.2) is 0 Å². The first-order valence-electron chi connectivity index (χ1n) is 6.74. The third-order valence-corrected chi connectivity index (χ3v) is 4.18. The van der Waals surface area contributed by atoms with Crippen molar-refractivity contribution in [1.29, 1.82) is 0 Å². The molecule has 1 atom stereocenters. The van der Waals surface area contributed by atoms with Crippen molar-refractivity contribution in [2.45, 2.75) is 19.5 Å².